The number of likely N-dealkylation sites (tertiary alicyclic amines) is 1. The second-order valence-electron chi connectivity index (χ2n) is 4.89. The number of rotatable bonds is 5. The Morgan fingerprint density at radius 3 is 2.71 bits per heavy atom. The fourth-order valence-electron chi connectivity index (χ4n) is 2.43. The molecular formula is C14H21NO2. The Labute approximate surface area is 103 Å². The maximum Gasteiger partial charge on any atom is 0.0717 e. The smallest absolute Gasteiger partial charge is 0.0717 e. The van der Waals surface area contributed by atoms with Crippen LogP contribution in [0.5, 0.6) is 0 Å². The molecule has 94 valence electrons. The van der Waals surface area contributed by atoms with E-state index in [1.54, 1.807) is 0 Å². The van der Waals surface area contributed by atoms with Crippen LogP contribution in [0.15, 0.2) is 30.3 Å². The number of aliphatic hydroxyl groups excluding tert-OH is 1. The van der Waals surface area contributed by atoms with Crippen molar-refractivity contribution in [2.45, 2.75) is 25.0 Å². The van der Waals surface area contributed by atoms with Gasteiger partial charge in [0, 0.05) is 0 Å². The molecule has 1 N–H and O–H groups in total. The molecule has 0 radical (unpaired) electrons. The molecule has 2 rings (SSSR count). The zero-order valence-electron chi connectivity index (χ0n) is 10.4. The summed E-state index contributed by atoms with van der Waals surface area (Å²) in [6, 6.07) is 10.2. The lowest BCUT2D eigenvalue weighted by Crippen LogP contribution is -2.48. The number of nitrogens with zero attached hydrogens (tertiary/aromatic N) is 1. The predicted octanol–water partition coefficient (Wildman–Crippen LogP) is 1.66. The van der Waals surface area contributed by atoms with Crippen LogP contribution in [0.2, 0.25) is 0 Å². The summed E-state index contributed by atoms with van der Waals surface area (Å²) in [7, 11) is 2.06. The molecular weight excluding hydrogens is 214 g/mol. The van der Waals surface area contributed by atoms with Crippen molar-refractivity contribution in [1.29, 1.82) is 0 Å². The lowest BCUT2D eigenvalue weighted by molar-refractivity contribution is -0.0141. The molecule has 1 heterocycles. The van der Waals surface area contributed by atoms with E-state index in [2.05, 4.69) is 24.1 Å². The molecule has 0 amide bonds. The van der Waals surface area contributed by atoms with Crippen LogP contribution in [-0.4, -0.2) is 42.4 Å². The quantitative estimate of drug-likeness (QED) is 0.842. The van der Waals surface area contributed by atoms with Gasteiger partial charge in [-0.3, -0.25) is 4.90 Å². The molecule has 1 aliphatic heterocycles. The first-order valence-corrected chi connectivity index (χ1v) is 6.21. The molecule has 0 saturated carbocycles. The normalized spacial score (nSPS) is 25.3. The molecule has 0 aromatic heterocycles. The SMILES string of the molecule is CN1CCCC1(CO)COCc1ccccc1. The Morgan fingerprint density at radius 2 is 2.12 bits per heavy atom. The van der Waals surface area contributed by atoms with Crippen LogP contribution in [0.4, 0.5) is 0 Å². The summed E-state index contributed by atoms with van der Waals surface area (Å²) in [6.07, 6.45) is 2.17. The van der Waals surface area contributed by atoms with Gasteiger partial charge in [-0.05, 0) is 32.0 Å². The molecule has 0 bridgehead atoms. The summed E-state index contributed by atoms with van der Waals surface area (Å²) < 4.78 is 5.77. The highest BCUT2D eigenvalue weighted by molar-refractivity contribution is 5.13. The van der Waals surface area contributed by atoms with Crippen molar-refractivity contribution in [3.05, 3.63) is 35.9 Å². The van der Waals surface area contributed by atoms with Gasteiger partial charge in [-0.2, -0.15) is 0 Å². The second-order valence-corrected chi connectivity index (χ2v) is 4.89. The highest BCUT2D eigenvalue weighted by Crippen LogP contribution is 2.27. The summed E-state index contributed by atoms with van der Waals surface area (Å²) in [5.74, 6) is 0. The van der Waals surface area contributed by atoms with E-state index in [1.165, 1.54) is 5.56 Å². The number of benzene rings is 1. The summed E-state index contributed by atoms with van der Waals surface area (Å²) in [5, 5.41) is 9.56. The van der Waals surface area contributed by atoms with E-state index in [1.807, 2.05) is 18.2 Å². The van der Waals surface area contributed by atoms with Gasteiger partial charge in [0.05, 0.1) is 25.4 Å². The van der Waals surface area contributed by atoms with Crippen LogP contribution < -0.4 is 0 Å². The first-order valence-electron chi connectivity index (χ1n) is 6.21. The van der Waals surface area contributed by atoms with Gasteiger partial charge in [0.15, 0.2) is 0 Å². The summed E-state index contributed by atoms with van der Waals surface area (Å²) in [4.78, 5) is 2.22. The molecule has 17 heavy (non-hydrogen) atoms. The van der Waals surface area contributed by atoms with Gasteiger partial charge in [0.1, 0.15) is 0 Å². The fraction of sp³-hybridized carbons (Fsp3) is 0.571. The molecule has 1 atom stereocenters. The maximum absolute atomic E-state index is 9.56. The van der Waals surface area contributed by atoms with Crippen molar-refractivity contribution in [3.63, 3.8) is 0 Å². The van der Waals surface area contributed by atoms with E-state index in [0.29, 0.717) is 13.2 Å². The van der Waals surface area contributed by atoms with Gasteiger partial charge in [0.2, 0.25) is 0 Å². The van der Waals surface area contributed by atoms with E-state index in [0.717, 1.165) is 19.4 Å². The lowest BCUT2D eigenvalue weighted by Gasteiger charge is -2.34. The molecule has 3 nitrogen and oxygen atoms in total. The van der Waals surface area contributed by atoms with Crippen molar-refractivity contribution >= 4 is 0 Å². The summed E-state index contributed by atoms with van der Waals surface area (Å²) in [5.41, 5.74) is 1.02. The Kier molecular flexibility index (Phi) is 4.15. The van der Waals surface area contributed by atoms with Crippen molar-refractivity contribution in [2.75, 3.05) is 26.8 Å². The van der Waals surface area contributed by atoms with Crippen LogP contribution in [0.1, 0.15) is 18.4 Å². The van der Waals surface area contributed by atoms with Crippen LogP contribution in [0.3, 0.4) is 0 Å². The van der Waals surface area contributed by atoms with Gasteiger partial charge >= 0.3 is 0 Å². The zero-order valence-corrected chi connectivity index (χ0v) is 10.4. The van der Waals surface area contributed by atoms with Gasteiger partial charge < -0.3 is 9.84 Å². The second kappa shape index (κ2) is 5.63. The van der Waals surface area contributed by atoms with E-state index < -0.39 is 0 Å². The third-order valence-corrected chi connectivity index (χ3v) is 3.72. The molecule has 0 spiro atoms. The van der Waals surface area contributed by atoms with Crippen LogP contribution in [0, 0.1) is 0 Å². The van der Waals surface area contributed by atoms with Gasteiger partial charge in [-0.15, -0.1) is 0 Å². The van der Waals surface area contributed by atoms with Crippen molar-refractivity contribution in [2.24, 2.45) is 0 Å². The van der Waals surface area contributed by atoms with Crippen molar-refractivity contribution < 1.29 is 9.84 Å². The number of hydrogen-bond acceptors (Lipinski definition) is 3. The molecule has 1 unspecified atom stereocenters. The highest BCUT2D eigenvalue weighted by atomic mass is 16.5. The zero-order chi connectivity index (χ0) is 12.1. The summed E-state index contributed by atoms with van der Waals surface area (Å²) in [6.45, 7) is 2.46. The Balaban J connectivity index is 1.85. The first kappa shape index (κ1) is 12.6. The number of ether oxygens (including phenoxy) is 1. The minimum absolute atomic E-state index is 0.158. The van der Waals surface area contributed by atoms with Crippen molar-refractivity contribution in [3.8, 4) is 0 Å². The van der Waals surface area contributed by atoms with E-state index in [4.69, 9.17) is 4.74 Å². The standard InChI is InChI=1S/C14H21NO2/c1-15-9-5-8-14(15,11-16)12-17-10-13-6-3-2-4-7-13/h2-4,6-7,16H,5,8-12H2,1H3. The van der Waals surface area contributed by atoms with Crippen LogP contribution in [-0.2, 0) is 11.3 Å². The van der Waals surface area contributed by atoms with Gasteiger partial charge in [-0.1, -0.05) is 30.3 Å². The molecule has 1 saturated heterocycles. The summed E-state index contributed by atoms with van der Waals surface area (Å²) >= 11 is 0. The van der Waals surface area contributed by atoms with Gasteiger partial charge in [-0.25, -0.2) is 0 Å². The minimum atomic E-state index is -0.158. The molecule has 1 aromatic carbocycles. The Bertz CT molecular complexity index is 341. The molecule has 1 aromatic rings. The van der Waals surface area contributed by atoms with Gasteiger partial charge in [0.25, 0.3) is 0 Å². The number of hydrogen-bond donors (Lipinski definition) is 1. The largest absolute Gasteiger partial charge is 0.394 e. The van der Waals surface area contributed by atoms with Crippen LogP contribution in [0.25, 0.3) is 0 Å². The van der Waals surface area contributed by atoms with E-state index in [9.17, 15) is 5.11 Å². The fourth-order valence-corrected chi connectivity index (χ4v) is 2.43. The monoisotopic (exact) mass is 235 g/mol. The predicted molar refractivity (Wildman–Crippen MR) is 67.8 cm³/mol. The van der Waals surface area contributed by atoms with E-state index >= 15 is 0 Å². The highest BCUT2D eigenvalue weighted by Gasteiger charge is 2.38. The number of aliphatic hydroxyl groups is 1. The third kappa shape index (κ3) is 2.86. The third-order valence-electron chi connectivity index (χ3n) is 3.72. The molecule has 1 fully saturated rings. The Hall–Kier alpha value is -0.900. The Morgan fingerprint density at radius 1 is 1.35 bits per heavy atom. The molecule has 0 aliphatic carbocycles. The topological polar surface area (TPSA) is 32.7 Å². The maximum atomic E-state index is 9.56. The lowest BCUT2D eigenvalue weighted by atomic mass is 9.99. The minimum Gasteiger partial charge on any atom is -0.394 e. The average Bonchev–Trinajstić information content (AvgIpc) is 2.73. The van der Waals surface area contributed by atoms with E-state index in [-0.39, 0.29) is 12.1 Å². The number of likely N-dealkylation sites (N-methyl/N-ethyl adjacent to an activating group) is 1. The molecule has 1 aliphatic rings. The molecule has 3 heteroatoms. The average molecular weight is 235 g/mol. The first-order chi connectivity index (χ1) is 8.27. The van der Waals surface area contributed by atoms with Crippen LogP contribution >= 0.6 is 0 Å². The van der Waals surface area contributed by atoms with Crippen molar-refractivity contribution in [1.82, 2.24) is 4.90 Å².